The van der Waals surface area contributed by atoms with Crippen molar-refractivity contribution in [3.63, 3.8) is 0 Å². The average Bonchev–Trinajstić information content (AvgIpc) is 3.09. The van der Waals surface area contributed by atoms with Crippen LogP contribution in [-0.2, 0) is 4.79 Å². The van der Waals surface area contributed by atoms with Gasteiger partial charge in [0, 0.05) is 0 Å². The van der Waals surface area contributed by atoms with Gasteiger partial charge in [-0.2, -0.15) is 0 Å². The molecule has 0 aliphatic heterocycles. The van der Waals surface area contributed by atoms with E-state index in [2.05, 4.69) is 0 Å². The van der Waals surface area contributed by atoms with Gasteiger partial charge in [0.1, 0.15) is 22.8 Å². The van der Waals surface area contributed by atoms with Gasteiger partial charge in [-0.15, -0.1) is 0 Å². The number of halogens is 1. The second-order valence-electron chi connectivity index (χ2n) is 5.72. The van der Waals surface area contributed by atoms with Gasteiger partial charge in [0.2, 0.25) is 0 Å². The molecule has 26 heavy (non-hydrogen) atoms. The molecule has 0 amide bonds. The second-order valence-corrected chi connectivity index (χ2v) is 5.72. The summed E-state index contributed by atoms with van der Waals surface area (Å²) in [5.41, 5.74) is 0.844. The first-order chi connectivity index (χ1) is 12.0. The van der Waals surface area contributed by atoms with E-state index in [-0.39, 0.29) is 35.9 Å². The number of hydrogen-bond acceptors (Lipinski definition) is 5. The summed E-state index contributed by atoms with van der Waals surface area (Å²) in [5, 5.41) is 22.7. The van der Waals surface area contributed by atoms with Crippen molar-refractivity contribution in [1.29, 1.82) is 0 Å². The average molecular weight is 381 g/mol. The molecule has 3 N–H and O–H groups in total. The Labute approximate surface area is 157 Å². The Morgan fingerprint density at radius 2 is 2.00 bits per heavy atom. The fourth-order valence-electron chi connectivity index (χ4n) is 2.36. The number of hydrogen-bond donors (Lipinski definition) is 2. The van der Waals surface area contributed by atoms with Crippen LogP contribution in [0.3, 0.4) is 0 Å². The van der Waals surface area contributed by atoms with Crippen LogP contribution in [0.5, 0.6) is 0 Å². The third-order valence-electron chi connectivity index (χ3n) is 3.79. The zero-order valence-electron chi connectivity index (χ0n) is 14.2. The van der Waals surface area contributed by atoms with E-state index in [4.69, 9.17) is 4.42 Å². The molecule has 0 saturated heterocycles. The second kappa shape index (κ2) is 10.5. The Kier molecular flexibility index (Phi) is 8.71. The van der Waals surface area contributed by atoms with Gasteiger partial charge in [-0.25, -0.2) is 0 Å². The van der Waals surface area contributed by atoms with Gasteiger partial charge in [0.05, 0.1) is 19.0 Å². The number of aliphatic hydroxyl groups excluding tert-OH is 1. The zero-order chi connectivity index (χ0) is 18.2. The van der Waals surface area contributed by atoms with Crippen LogP contribution in [0.1, 0.15) is 30.8 Å². The number of carbonyl (C=O) groups excluding carboxylic acids is 1. The predicted molar refractivity (Wildman–Crippen MR) is 91.7 cm³/mol. The van der Waals surface area contributed by atoms with Gasteiger partial charge in [0.25, 0.3) is 0 Å². The Morgan fingerprint density at radius 1 is 1.31 bits per heavy atom. The molecule has 8 heteroatoms. The van der Waals surface area contributed by atoms with Crippen LogP contribution in [0.25, 0.3) is 6.08 Å². The lowest BCUT2D eigenvalue weighted by molar-refractivity contribution is -0.693. The third kappa shape index (κ3) is 6.44. The van der Waals surface area contributed by atoms with E-state index in [0.29, 0.717) is 13.0 Å². The number of benzene rings is 1. The van der Waals surface area contributed by atoms with Crippen molar-refractivity contribution in [2.45, 2.75) is 25.5 Å². The molecule has 2 rings (SSSR count). The molecule has 2 atom stereocenters. The number of quaternary nitrogens is 1. The maximum absolute atomic E-state index is 11.8. The number of rotatable bonds is 9. The van der Waals surface area contributed by atoms with Crippen molar-refractivity contribution >= 4 is 17.7 Å². The Hall–Kier alpha value is -2.48. The number of nitrogens with two attached hydrogens (primary N) is 1. The van der Waals surface area contributed by atoms with Gasteiger partial charge in [0.15, 0.2) is 5.78 Å². The lowest BCUT2D eigenvalue weighted by atomic mass is 10.0. The summed E-state index contributed by atoms with van der Waals surface area (Å²) >= 11 is 0. The Morgan fingerprint density at radius 3 is 2.62 bits per heavy atom. The minimum absolute atomic E-state index is 0. The van der Waals surface area contributed by atoms with Crippen LogP contribution in [0.2, 0.25) is 0 Å². The van der Waals surface area contributed by atoms with Crippen LogP contribution < -0.4 is 17.7 Å². The molecule has 0 fully saturated rings. The molecule has 0 radical (unpaired) electrons. The summed E-state index contributed by atoms with van der Waals surface area (Å²) in [6, 6.07) is 12.0. The molecular weight excluding hydrogens is 360 g/mol. The molecule has 1 heterocycles. The molecule has 0 spiro atoms. The van der Waals surface area contributed by atoms with E-state index in [1.165, 1.54) is 24.3 Å². The molecular formula is C18H21ClN2O5. The SMILES string of the molecule is CC([NH2+]CCC(=O)/C=C/c1ccc([N+](=O)[O-])o1)C(O)c1ccccc1.[Cl-]. The van der Waals surface area contributed by atoms with Crippen molar-refractivity contribution in [2.75, 3.05) is 6.54 Å². The highest BCUT2D eigenvalue weighted by atomic mass is 35.5. The molecule has 1 aromatic carbocycles. The number of nitrogens with zero attached hydrogens (tertiary/aromatic N) is 1. The molecule has 0 saturated carbocycles. The maximum atomic E-state index is 11.8. The van der Waals surface area contributed by atoms with E-state index >= 15 is 0 Å². The first-order valence-electron chi connectivity index (χ1n) is 7.99. The van der Waals surface area contributed by atoms with Crippen molar-refractivity contribution in [3.05, 3.63) is 70.0 Å². The quantitative estimate of drug-likeness (QED) is 0.324. The summed E-state index contributed by atoms with van der Waals surface area (Å²) in [5.74, 6) is -0.210. The van der Waals surface area contributed by atoms with E-state index in [0.717, 1.165) is 5.56 Å². The normalized spacial score (nSPS) is 13.2. The number of aliphatic hydroxyl groups is 1. The van der Waals surface area contributed by atoms with E-state index in [9.17, 15) is 20.0 Å². The summed E-state index contributed by atoms with van der Waals surface area (Å²) in [7, 11) is 0. The molecule has 2 unspecified atom stereocenters. The number of allylic oxidation sites excluding steroid dienone is 1. The summed E-state index contributed by atoms with van der Waals surface area (Å²) < 4.78 is 4.94. The van der Waals surface area contributed by atoms with E-state index in [1.54, 1.807) is 0 Å². The highest BCUT2D eigenvalue weighted by Crippen LogP contribution is 2.16. The number of carbonyl (C=O) groups is 1. The molecule has 140 valence electrons. The van der Waals surface area contributed by atoms with Crippen molar-refractivity contribution in [3.8, 4) is 0 Å². The minimum atomic E-state index is -0.631. The first kappa shape index (κ1) is 21.6. The third-order valence-corrected chi connectivity index (χ3v) is 3.79. The predicted octanol–water partition coefficient (Wildman–Crippen LogP) is -1.15. The standard InChI is InChI=1S/C18H20N2O5.ClH/c1-13(18(22)14-5-3-2-4-6-14)19-12-11-15(21)7-8-16-9-10-17(25-16)20(23)24;/h2-10,13,18-19,22H,11-12H2,1H3;1H/b8-7+;. The molecule has 7 nitrogen and oxygen atoms in total. The van der Waals surface area contributed by atoms with Crippen LogP contribution in [-0.4, -0.2) is 28.4 Å². The van der Waals surface area contributed by atoms with Crippen molar-refractivity contribution < 1.29 is 37.0 Å². The molecule has 2 aromatic rings. The Balaban J connectivity index is 0.00000338. The summed E-state index contributed by atoms with van der Waals surface area (Å²) in [6.45, 7) is 2.44. The zero-order valence-corrected chi connectivity index (χ0v) is 15.0. The summed E-state index contributed by atoms with van der Waals surface area (Å²) in [6.07, 6.45) is 2.45. The Bertz CT molecular complexity index is 745. The largest absolute Gasteiger partial charge is 1.00 e. The summed E-state index contributed by atoms with van der Waals surface area (Å²) in [4.78, 5) is 21.7. The van der Waals surface area contributed by atoms with Crippen molar-refractivity contribution in [2.24, 2.45) is 0 Å². The molecule has 0 aliphatic carbocycles. The fraction of sp³-hybridized carbons (Fsp3) is 0.278. The highest BCUT2D eigenvalue weighted by molar-refractivity contribution is 5.93. The fourth-order valence-corrected chi connectivity index (χ4v) is 2.36. The monoisotopic (exact) mass is 380 g/mol. The van der Waals surface area contributed by atoms with Crippen LogP contribution in [0.15, 0.2) is 53.0 Å². The highest BCUT2D eigenvalue weighted by Gasteiger charge is 2.18. The van der Waals surface area contributed by atoms with E-state index in [1.807, 2.05) is 42.6 Å². The first-order valence-corrected chi connectivity index (χ1v) is 7.99. The smallest absolute Gasteiger partial charge is 0.433 e. The number of furan rings is 1. The van der Waals surface area contributed by atoms with Gasteiger partial charge < -0.3 is 27.2 Å². The van der Waals surface area contributed by atoms with Crippen LogP contribution in [0.4, 0.5) is 5.88 Å². The van der Waals surface area contributed by atoms with Crippen LogP contribution in [0, 0.1) is 10.1 Å². The number of ketones is 1. The van der Waals surface area contributed by atoms with Gasteiger partial charge in [-0.3, -0.25) is 14.9 Å². The van der Waals surface area contributed by atoms with Gasteiger partial charge in [-0.05, 0) is 30.7 Å². The molecule has 1 aromatic heterocycles. The molecule has 0 aliphatic rings. The van der Waals surface area contributed by atoms with Crippen LogP contribution >= 0.6 is 0 Å². The molecule has 0 bridgehead atoms. The van der Waals surface area contributed by atoms with E-state index < -0.39 is 11.0 Å². The lowest BCUT2D eigenvalue weighted by Crippen LogP contribution is -3.00. The number of nitro groups is 1. The minimum Gasteiger partial charge on any atom is -1.00 e. The van der Waals surface area contributed by atoms with Crippen molar-refractivity contribution in [1.82, 2.24) is 0 Å². The van der Waals surface area contributed by atoms with Gasteiger partial charge in [-0.1, -0.05) is 30.3 Å². The lowest BCUT2D eigenvalue weighted by Gasteiger charge is -2.17. The van der Waals surface area contributed by atoms with Gasteiger partial charge >= 0.3 is 5.88 Å². The topological polar surface area (TPSA) is 110 Å². The maximum Gasteiger partial charge on any atom is 0.433 e.